The van der Waals surface area contributed by atoms with Crippen LogP contribution < -0.4 is 10.6 Å². The van der Waals surface area contributed by atoms with Crippen molar-refractivity contribution in [2.24, 2.45) is 0 Å². The van der Waals surface area contributed by atoms with Gasteiger partial charge in [-0.25, -0.2) is 4.89 Å². The summed E-state index contributed by atoms with van der Waals surface area (Å²) in [6, 6.07) is 50.9. The van der Waals surface area contributed by atoms with E-state index in [0.29, 0.717) is 5.56 Å². The lowest BCUT2D eigenvalue weighted by Gasteiger charge is -2.19. The van der Waals surface area contributed by atoms with Gasteiger partial charge in [0, 0.05) is 11.1 Å². The first kappa shape index (κ1) is 25.6. The van der Waals surface area contributed by atoms with Gasteiger partial charge in [-0.3, -0.25) is 0 Å². The van der Waals surface area contributed by atoms with Gasteiger partial charge in [0.25, 0.3) is 0 Å². The van der Waals surface area contributed by atoms with Crippen LogP contribution in [0.3, 0.4) is 0 Å². The maximum absolute atomic E-state index is 11.8. The fourth-order valence-electron chi connectivity index (χ4n) is 6.92. The van der Waals surface area contributed by atoms with Crippen LogP contribution in [0.25, 0.3) is 66.1 Å². The number of hydrogen-bond donors (Lipinski definition) is 1. The molecule has 7 aromatic rings. The van der Waals surface area contributed by atoms with E-state index in [4.69, 9.17) is 0 Å². The molecule has 43 heavy (non-hydrogen) atoms. The van der Waals surface area contributed by atoms with Gasteiger partial charge in [-0.05, 0) is 79.2 Å². The van der Waals surface area contributed by atoms with E-state index in [1.807, 2.05) is 37.0 Å². The zero-order chi connectivity index (χ0) is 29.1. The Morgan fingerprint density at radius 2 is 1.02 bits per heavy atom. The molecule has 0 aromatic heterocycles. The third kappa shape index (κ3) is 3.87. The number of fused-ring (bicyclic) bond motifs is 5. The summed E-state index contributed by atoms with van der Waals surface area (Å²) in [7, 11) is -2.45. The minimum Gasteiger partial charge on any atom is -0.241 e. The van der Waals surface area contributed by atoms with Crippen LogP contribution in [0.4, 0.5) is 0 Å². The molecule has 1 unspecified atom stereocenters. The minimum absolute atomic E-state index is 0.660. The fraction of sp³-hybridized carbons (Fsp3) is 0.0250. The molecule has 0 bridgehead atoms. The lowest BCUT2D eigenvalue weighted by Crippen LogP contribution is -2.14. The van der Waals surface area contributed by atoms with Crippen molar-refractivity contribution in [3.8, 4) is 50.6 Å². The van der Waals surface area contributed by atoms with E-state index in [0.717, 1.165) is 44.0 Å². The van der Waals surface area contributed by atoms with Crippen molar-refractivity contribution in [3.05, 3.63) is 145 Å². The summed E-state index contributed by atoms with van der Waals surface area (Å²) in [5.74, 6) is 0. The summed E-state index contributed by atoms with van der Waals surface area (Å²) in [4.78, 5) is 11.8. The topological polar surface area (TPSA) is 44.0 Å². The van der Waals surface area contributed by atoms with E-state index >= 15 is 0 Å². The fourth-order valence-corrected chi connectivity index (χ4v) is 9.26. The molecule has 7 aromatic carbocycles. The Hall–Kier alpha value is -5.06. The summed E-state index contributed by atoms with van der Waals surface area (Å²) in [5.41, 5.74) is 9.79. The Bertz CT molecular complexity index is 2220. The highest BCUT2D eigenvalue weighted by atomic mass is 31.2. The first-order valence-electron chi connectivity index (χ1n) is 14.4. The monoisotopic (exact) mass is 568 g/mol. The Kier molecular flexibility index (Phi) is 5.82. The van der Waals surface area contributed by atoms with Crippen molar-refractivity contribution in [2.75, 3.05) is 6.66 Å². The molecule has 0 saturated carbocycles. The molecule has 0 saturated heterocycles. The van der Waals surface area contributed by atoms with Crippen molar-refractivity contribution in [1.82, 2.24) is 0 Å². The predicted molar refractivity (Wildman–Crippen MR) is 182 cm³/mol. The molecular weight excluding hydrogens is 541 g/mol. The number of nitriles is 1. The van der Waals surface area contributed by atoms with Gasteiger partial charge in [0.2, 0.25) is 7.49 Å². The van der Waals surface area contributed by atoms with E-state index in [-0.39, 0.29) is 0 Å². The van der Waals surface area contributed by atoms with Crippen molar-refractivity contribution >= 4 is 39.6 Å². The summed E-state index contributed by atoms with van der Waals surface area (Å²) in [6.07, 6.45) is 0. The first-order valence-corrected chi connectivity index (χ1v) is 16.6. The first-order chi connectivity index (χ1) is 21.1. The second-order valence-electron chi connectivity index (χ2n) is 11.3. The van der Waals surface area contributed by atoms with E-state index in [1.54, 1.807) is 0 Å². The van der Waals surface area contributed by atoms with Crippen LogP contribution in [0.1, 0.15) is 5.56 Å². The lowest BCUT2D eigenvalue weighted by molar-refractivity contribution is 0.630. The summed E-state index contributed by atoms with van der Waals surface area (Å²) in [5, 5.41) is 16.3. The highest BCUT2D eigenvalue weighted by Gasteiger charge is 2.47. The molecule has 3 heteroatoms. The van der Waals surface area contributed by atoms with Gasteiger partial charge < -0.3 is 0 Å². The van der Waals surface area contributed by atoms with Gasteiger partial charge in [-0.15, -0.1) is 0 Å². The molecule has 1 atom stereocenters. The maximum atomic E-state index is 11.8. The van der Waals surface area contributed by atoms with Gasteiger partial charge in [0.05, 0.1) is 18.3 Å². The Labute approximate surface area is 251 Å². The quantitative estimate of drug-likeness (QED) is 0.171. The van der Waals surface area contributed by atoms with Crippen molar-refractivity contribution in [1.29, 1.82) is 5.26 Å². The van der Waals surface area contributed by atoms with Gasteiger partial charge in [-0.1, -0.05) is 115 Å². The number of nitrogens with zero attached hydrogens (tertiary/aromatic N) is 1. The summed E-state index contributed by atoms with van der Waals surface area (Å²) >= 11 is 0. The Morgan fingerprint density at radius 1 is 0.488 bits per heavy atom. The Morgan fingerprint density at radius 3 is 1.70 bits per heavy atom. The van der Waals surface area contributed by atoms with Gasteiger partial charge >= 0.3 is 0 Å². The van der Waals surface area contributed by atoms with Crippen molar-refractivity contribution in [3.63, 3.8) is 0 Å². The predicted octanol–water partition coefficient (Wildman–Crippen LogP) is 9.35. The molecule has 0 fully saturated rings. The molecule has 202 valence electrons. The third-order valence-electron chi connectivity index (χ3n) is 8.85. The smallest absolute Gasteiger partial charge is 0.204 e. The molecule has 0 aliphatic carbocycles. The average molecular weight is 569 g/mol. The molecule has 1 heterocycles. The Balaban J connectivity index is 1.40. The molecule has 0 amide bonds. The van der Waals surface area contributed by atoms with Crippen LogP contribution in [0.5, 0.6) is 0 Å². The van der Waals surface area contributed by atoms with Crippen molar-refractivity contribution in [2.45, 2.75) is 0 Å². The molecule has 2 nitrogen and oxygen atoms in total. The van der Waals surface area contributed by atoms with E-state index in [1.165, 1.54) is 32.7 Å². The van der Waals surface area contributed by atoms with Gasteiger partial charge in [-0.2, -0.15) is 5.26 Å². The molecule has 1 aliphatic rings. The molecule has 8 rings (SSSR count). The summed E-state index contributed by atoms with van der Waals surface area (Å²) < 4.78 is 0. The number of hydrogen-bond acceptors (Lipinski definition) is 2. The van der Waals surface area contributed by atoms with Crippen LogP contribution in [0.2, 0.25) is 0 Å². The second kappa shape index (κ2) is 9.75. The zero-order valence-corrected chi connectivity index (χ0v) is 24.5. The largest absolute Gasteiger partial charge is 0.241 e. The molecule has 0 radical (unpaired) electrons. The molecule has 0 spiro atoms. The van der Waals surface area contributed by atoms with Crippen LogP contribution in [0.15, 0.2) is 140 Å². The van der Waals surface area contributed by atoms with Gasteiger partial charge in [0.1, 0.15) is 10.6 Å². The van der Waals surface area contributed by atoms with E-state index < -0.39 is 7.49 Å². The second-order valence-corrected chi connectivity index (χ2v) is 14.2. The normalized spacial score (nSPS) is 15.3. The van der Waals surface area contributed by atoms with Gasteiger partial charge in [0.15, 0.2) is 0 Å². The van der Waals surface area contributed by atoms with Crippen LogP contribution in [0, 0.1) is 11.3 Å². The highest BCUT2D eigenvalue weighted by Crippen LogP contribution is 2.59. The van der Waals surface area contributed by atoms with Crippen LogP contribution in [-0.2, 0) is 0 Å². The van der Waals surface area contributed by atoms with Crippen molar-refractivity contribution < 1.29 is 4.89 Å². The standard InChI is InChI=1S/C40H27NOP/c1-43(42)36-18-7-6-16-34(36)40-35(17-9-19-37(40)43)39-32-14-4-2-12-30(32)38(31-13-3-5-15-33(31)39)28-22-20-27(21-23-28)29-11-8-10-26(24-29)25-41/h2-24,42H,1H3/q+1. The molecule has 1 N–H and O–H groups in total. The maximum Gasteiger partial charge on any atom is 0.204 e. The SMILES string of the molecule is C[P+]1(O)c2ccccc2-c2c(-c3c4ccccc4c(-c4ccc(-c5cccc(C#N)c5)cc4)c4ccccc34)cccc21. The minimum atomic E-state index is -2.45. The molecule has 1 aliphatic heterocycles. The number of benzene rings is 7. The summed E-state index contributed by atoms with van der Waals surface area (Å²) in [6.45, 7) is 2.01. The highest BCUT2D eigenvalue weighted by molar-refractivity contribution is 7.85. The van der Waals surface area contributed by atoms with E-state index in [9.17, 15) is 10.2 Å². The van der Waals surface area contributed by atoms with Crippen LogP contribution >= 0.6 is 7.49 Å². The van der Waals surface area contributed by atoms with Crippen LogP contribution in [-0.4, -0.2) is 11.6 Å². The average Bonchev–Trinajstić information content (AvgIpc) is 3.30. The lowest BCUT2D eigenvalue weighted by atomic mass is 9.83. The molecular formula is C40H27NOP+. The van der Waals surface area contributed by atoms with E-state index in [2.05, 4.69) is 115 Å². The zero-order valence-electron chi connectivity index (χ0n) is 23.6. The third-order valence-corrected chi connectivity index (χ3v) is 11.5. The number of rotatable bonds is 3.